The predicted molar refractivity (Wildman–Crippen MR) is 75.3 cm³/mol. The second-order valence-electron chi connectivity index (χ2n) is 4.29. The molecule has 2 aromatic rings. The topological polar surface area (TPSA) is 50.7 Å². The standard InChI is InChI=1S/C13H18N4S/c1-5-14-13-9(3)10(4)16-11(17-13)6-12-15-8(2)7-18-12/h7H,5-6H2,1-4H3,(H,14,16,17). The SMILES string of the molecule is CCNc1nc(Cc2nc(C)cs2)nc(C)c1C. The normalized spacial score (nSPS) is 10.7. The lowest BCUT2D eigenvalue weighted by molar-refractivity contribution is 0.913. The van der Waals surface area contributed by atoms with E-state index in [2.05, 4.69) is 32.6 Å². The van der Waals surface area contributed by atoms with Crippen molar-refractivity contribution in [3.8, 4) is 0 Å². The van der Waals surface area contributed by atoms with Gasteiger partial charge >= 0.3 is 0 Å². The Morgan fingerprint density at radius 3 is 2.56 bits per heavy atom. The Hall–Kier alpha value is -1.49. The molecule has 0 aromatic carbocycles. The van der Waals surface area contributed by atoms with Crippen molar-refractivity contribution in [1.29, 1.82) is 0 Å². The zero-order valence-electron chi connectivity index (χ0n) is 11.2. The molecule has 0 radical (unpaired) electrons. The Kier molecular flexibility index (Phi) is 3.91. The predicted octanol–water partition coefficient (Wildman–Crippen LogP) is 2.88. The van der Waals surface area contributed by atoms with E-state index < -0.39 is 0 Å². The van der Waals surface area contributed by atoms with Gasteiger partial charge in [-0.1, -0.05) is 0 Å². The van der Waals surface area contributed by atoms with Crippen LogP contribution in [0.5, 0.6) is 0 Å². The van der Waals surface area contributed by atoms with Gasteiger partial charge in [-0.15, -0.1) is 11.3 Å². The van der Waals surface area contributed by atoms with Crippen LogP contribution in [-0.2, 0) is 6.42 Å². The van der Waals surface area contributed by atoms with Crippen LogP contribution in [0.25, 0.3) is 0 Å². The number of rotatable bonds is 4. The summed E-state index contributed by atoms with van der Waals surface area (Å²) in [7, 11) is 0. The van der Waals surface area contributed by atoms with E-state index in [0.717, 1.165) is 40.1 Å². The van der Waals surface area contributed by atoms with Gasteiger partial charge in [-0.25, -0.2) is 15.0 Å². The van der Waals surface area contributed by atoms with Gasteiger partial charge in [0.15, 0.2) is 0 Å². The summed E-state index contributed by atoms with van der Waals surface area (Å²) in [6, 6.07) is 0. The number of thiazole rings is 1. The highest BCUT2D eigenvalue weighted by Gasteiger charge is 2.09. The Labute approximate surface area is 112 Å². The van der Waals surface area contributed by atoms with E-state index in [1.807, 2.05) is 20.8 Å². The monoisotopic (exact) mass is 262 g/mol. The lowest BCUT2D eigenvalue weighted by Crippen LogP contribution is -2.08. The fraction of sp³-hybridized carbons (Fsp3) is 0.462. The Balaban J connectivity index is 2.28. The minimum atomic E-state index is 0.706. The highest BCUT2D eigenvalue weighted by atomic mass is 32.1. The number of hydrogen-bond donors (Lipinski definition) is 1. The molecule has 0 fully saturated rings. The smallest absolute Gasteiger partial charge is 0.137 e. The molecule has 4 nitrogen and oxygen atoms in total. The van der Waals surface area contributed by atoms with Crippen LogP contribution in [0.3, 0.4) is 0 Å². The summed E-state index contributed by atoms with van der Waals surface area (Å²) >= 11 is 1.66. The minimum absolute atomic E-state index is 0.706. The molecule has 1 N–H and O–H groups in total. The molecule has 0 unspecified atom stereocenters. The number of aryl methyl sites for hydroxylation is 2. The van der Waals surface area contributed by atoms with Crippen molar-refractivity contribution in [3.63, 3.8) is 0 Å². The van der Waals surface area contributed by atoms with E-state index in [1.54, 1.807) is 11.3 Å². The molecule has 96 valence electrons. The van der Waals surface area contributed by atoms with E-state index in [-0.39, 0.29) is 0 Å². The van der Waals surface area contributed by atoms with E-state index >= 15 is 0 Å². The maximum Gasteiger partial charge on any atom is 0.137 e. The second kappa shape index (κ2) is 5.44. The summed E-state index contributed by atoms with van der Waals surface area (Å²) in [6.07, 6.45) is 0.706. The third kappa shape index (κ3) is 2.85. The maximum atomic E-state index is 4.57. The largest absolute Gasteiger partial charge is 0.370 e. The fourth-order valence-electron chi connectivity index (χ4n) is 1.72. The second-order valence-corrected chi connectivity index (χ2v) is 5.23. The van der Waals surface area contributed by atoms with Gasteiger partial charge in [0.1, 0.15) is 16.6 Å². The lowest BCUT2D eigenvalue weighted by atomic mass is 10.2. The Morgan fingerprint density at radius 2 is 1.94 bits per heavy atom. The first-order valence-corrected chi connectivity index (χ1v) is 6.97. The molecule has 0 aliphatic rings. The van der Waals surface area contributed by atoms with Gasteiger partial charge in [-0.05, 0) is 27.7 Å². The molecule has 2 aromatic heterocycles. The number of nitrogens with zero attached hydrogens (tertiary/aromatic N) is 3. The van der Waals surface area contributed by atoms with Crippen molar-refractivity contribution in [2.45, 2.75) is 34.1 Å². The molecule has 0 saturated heterocycles. The zero-order chi connectivity index (χ0) is 13.1. The first-order valence-electron chi connectivity index (χ1n) is 6.09. The molecule has 18 heavy (non-hydrogen) atoms. The number of nitrogens with one attached hydrogen (secondary N) is 1. The minimum Gasteiger partial charge on any atom is -0.370 e. The van der Waals surface area contributed by atoms with Crippen LogP contribution in [0.4, 0.5) is 5.82 Å². The average Bonchev–Trinajstić information content (AvgIpc) is 2.71. The molecule has 0 aliphatic carbocycles. The first kappa shape index (κ1) is 13.0. The van der Waals surface area contributed by atoms with Crippen molar-refractivity contribution in [2.75, 3.05) is 11.9 Å². The fourth-order valence-corrected chi connectivity index (χ4v) is 2.49. The van der Waals surface area contributed by atoms with Gasteiger partial charge in [0.2, 0.25) is 0 Å². The van der Waals surface area contributed by atoms with Crippen LogP contribution >= 0.6 is 11.3 Å². The Morgan fingerprint density at radius 1 is 1.17 bits per heavy atom. The third-order valence-electron chi connectivity index (χ3n) is 2.76. The zero-order valence-corrected chi connectivity index (χ0v) is 12.1. The van der Waals surface area contributed by atoms with E-state index in [1.165, 1.54) is 0 Å². The molecule has 0 atom stereocenters. The molecule has 2 heterocycles. The van der Waals surface area contributed by atoms with Crippen LogP contribution in [0.15, 0.2) is 5.38 Å². The third-order valence-corrected chi connectivity index (χ3v) is 3.72. The van der Waals surface area contributed by atoms with Crippen molar-refractivity contribution in [1.82, 2.24) is 15.0 Å². The van der Waals surface area contributed by atoms with Crippen LogP contribution in [0.1, 0.15) is 34.7 Å². The highest BCUT2D eigenvalue weighted by molar-refractivity contribution is 7.09. The number of aromatic nitrogens is 3. The summed E-state index contributed by atoms with van der Waals surface area (Å²) in [6.45, 7) is 9.01. The number of anilines is 1. The summed E-state index contributed by atoms with van der Waals surface area (Å²) in [4.78, 5) is 13.6. The number of hydrogen-bond acceptors (Lipinski definition) is 5. The van der Waals surface area contributed by atoms with E-state index in [0.29, 0.717) is 6.42 Å². The Bertz CT molecular complexity index is 548. The molecule has 0 amide bonds. The summed E-state index contributed by atoms with van der Waals surface area (Å²) in [5.41, 5.74) is 3.21. The molecule has 0 saturated carbocycles. The molecule has 0 aliphatic heterocycles. The van der Waals surface area contributed by atoms with Gasteiger partial charge in [0, 0.05) is 28.9 Å². The molecule has 0 spiro atoms. The van der Waals surface area contributed by atoms with Gasteiger partial charge in [0.05, 0.1) is 6.42 Å². The average molecular weight is 262 g/mol. The molecular formula is C13H18N4S. The highest BCUT2D eigenvalue weighted by Crippen LogP contribution is 2.17. The summed E-state index contributed by atoms with van der Waals surface area (Å²) in [5, 5.41) is 6.40. The molecular weight excluding hydrogens is 244 g/mol. The van der Waals surface area contributed by atoms with Gasteiger partial charge in [-0.3, -0.25) is 0 Å². The van der Waals surface area contributed by atoms with Gasteiger partial charge in [0.25, 0.3) is 0 Å². The van der Waals surface area contributed by atoms with Crippen LogP contribution in [0, 0.1) is 20.8 Å². The van der Waals surface area contributed by atoms with Gasteiger partial charge in [-0.2, -0.15) is 0 Å². The summed E-state index contributed by atoms with van der Waals surface area (Å²) in [5.74, 6) is 1.77. The van der Waals surface area contributed by atoms with Crippen molar-refractivity contribution >= 4 is 17.2 Å². The summed E-state index contributed by atoms with van der Waals surface area (Å²) < 4.78 is 0. The molecule has 5 heteroatoms. The lowest BCUT2D eigenvalue weighted by Gasteiger charge is -2.10. The maximum absolute atomic E-state index is 4.57. The van der Waals surface area contributed by atoms with Crippen molar-refractivity contribution < 1.29 is 0 Å². The van der Waals surface area contributed by atoms with E-state index in [4.69, 9.17) is 0 Å². The van der Waals surface area contributed by atoms with E-state index in [9.17, 15) is 0 Å². The van der Waals surface area contributed by atoms with Crippen LogP contribution in [-0.4, -0.2) is 21.5 Å². The molecule has 2 rings (SSSR count). The van der Waals surface area contributed by atoms with Crippen LogP contribution in [0.2, 0.25) is 0 Å². The molecule has 0 bridgehead atoms. The first-order chi connectivity index (χ1) is 8.60. The quantitative estimate of drug-likeness (QED) is 0.920. The van der Waals surface area contributed by atoms with Crippen molar-refractivity contribution in [2.24, 2.45) is 0 Å². The van der Waals surface area contributed by atoms with Crippen molar-refractivity contribution in [3.05, 3.63) is 33.2 Å². The van der Waals surface area contributed by atoms with Gasteiger partial charge < -0.3 is 5.32 Å². The van der Waals surface area contributed by atoms with Crippen LogP contribution < -0.4 is 5.32 Å².